The zero-order chi connectivity index (χ0) is 19.7. The van der Waals surface area contributed by atoms with Gasteiger partial charge in [-0.05, 0) is 42.7 Å². The average molecular weight is 398 g/mol. The first kappa shape index (κ1) is 18.6. The highest BCUT2D eigenvalue weighted by Gasteiger charge is 2.34. The molecule has 0 saturated carbocycles. The average Bonchev–Trinajstić information content (AvgIpc) is 3.00. The van der Waals surface area contributed by atoms with Crippen LogP contribution in [0.15, 0.2) is 58.1 Å². The minimum Gasteiger partial charge on any atom is -0.355 e. The molecule has 2 aromatic rings. The van der Waals surface area contributed by atoms with E-state index in [0.717, 1.165) is 5.56 Å². The Morgan fingerprint density at radius 2 is 1.82 bits per heavy atom. The fraction of sp³-hybridized carbons (Fsp3) is 0.350. The Bertz CT molecular complexity index is 1010. The molecule has 2 aliphatic heterocycles. The van der Waals surface area contributed by atoms with E-state index in [1.807, 2.05) is 30.1 Å². The molecule has 7 nitrogen and oxygen atoms in total. The van der Waals surface area contributed by atoms with Crippen LogP contribution in [0.25, 0.3) is 0 Å². The number of fused-ring (bicyclic) bond motifs is 1. The van der Waals surface area contributed by atoms with Gasteiger partial charge in [0.15, 0.2) is 5.84 Å². The summed E-state index contributed by atoms with van der Waals surface area (Å²) in [5.41, 5.74) is 1.70. The summed E-state index contributed by atoms with van der Waals surface area (Å²) >= 11 is 0. The maximum Gasteiger partial charge on any atom is 0.285 e. The van der Waals surface area contributed by atoms with Gasteiger partial charge in [0.25, 0.3) is 10.0 Å². The van der Waals surface area contributed by atoms with Crippen molar-refractivity contribution in [1.29, 1.82) is 0 Å². The third-order valence-corrected chi connectivity index (χ3v) is 6.63. The largest absolute Gasteiger partial charge is 0.355 e. The summed E-state index contributed by atoms with van der Waals surface area (Å²) in [5.74, 6) is 0.571. The zero-order valence-electron chi connectivity index (χ0n) is 15.7. The van der Waals surface area contributed by atoms with Gasteiger partial charge in [0.1, 0.15) is 4.90 Å². The minimum atomic E-state index is -3.62. The predicted molar refractivity (Wildman–Crippen MR) is 105 cm³/mol. The van der Waals surface area contributed by atoms with E-state index in [4.69, 9.17) is 0 Å². The number of carbonyl (C=O) groups is 1. The fourth-order valence-electron chi connectivity index (χ4n) is 3.81. The molecule has 4 rings (SSSR count). The van der Waals surface area contributed by atoms with E-state index in [0.29, 0.717) is 43.9 Å². The summed E-state index contributed by atoms with van der Waals surface area (Å²) in [5, 5.41) is 0. The Kier molecular flexibility index (Phi) is 4.89. The van der Waals surface area contributed by atoms with Crippen LogP contribution in [0.5, 0.6) is 0 Å². The van der Waals surface area contributed by atoms with Gasteiger partial charge >= 0.3 is 0 Å². The molecule has 0 atom stereocenters. The van der Waals surface area contributed by atoms with Crippen LogP contribution < -0.4 is 0 Å². The van der Waals surface area contributed by atoms with Crippen molar-refractivity contribution in [2.75, 3.05) is 20.1 Å². The van der Waals surface area contributed by atoms with Gasteiger partial charge in [-0.2, -0.15) is 8.42 Å². The molecule has 146 valence electrons. The van der Waals surface area contributed by atoms with E-state index >= 15 is 0 Å². The van der Waals surface area contributed by atoms with Crippen molar-refractivity contribution in [2.45, 2.75) is 24.3 Å². The van der Waals surface area contributed by atoms with Gasteiger partial charge in [-0.15, -0.1) is 4.40 Å². The molecule has 0 bridgehead atoms. The molecule has 0 aliphatic carbocycles. The van der Waals surface area contributed by atoms with E-state index in [-0.39, 0.29) is 16.7 Å². The van der Waals surface area contributed by atoms with Crippen LogP contribution >= 0.6 is 0 Å². The van der Waals surface area contributed by atoms with Gasteiger partial charge in [-0.25, -0.2) is 0 Å². The van der Waals surface area contributed by atoms with Gasteiger partial charge in [-0.1, -0.05) is 12.1 Å². The molecular weight excluding hydrogens is 376 g/mol. The third-order valence-electron chi connectivity index (χ3n) is 5.30. The molecule has 0 spiro atoms. The van der Waals surface area contributed by atoms with Crippen molar-refractivity contribution in [1.82, 2.24) is 14.8 Å². The van der Waals surface area contributed by atoms with Gasteiger partial charge in [0.05, 0.1) is 0 Å². The number of sulfonamides is 1. The number of amidine groups is 1. The molecule has 0 N–H and O–H groups in total. The lowest BCUT2D eigenvalue weighted by atomic mass is 9.94. The third kappa shape index (κ3) is 3.52. The van der Waals surface area contributed by atoms with Crippen molar-refractivity contribution in [3.05, 3.63) is 59.9 Å². The Balaban J connectivity index is 1.41. The van der Waals surface area contributed by atoms with Crippen LogP contribution in [0.3, 0.4) is 0 Å². The lowest BCUT2D eigenvalue weighted by Gasteiger charge is -2.34. The molecule has 28 heavy (non-hydrogen) atoms. The van der Waals surface area contributed by atoms with E-state index < -0.39 is 10.0 Å². The lowest BCUT2D eigenvalue weighted by molar-refractivity contribution is -0.136. The summed E-state index contributed by atoms with van der Waals surface area (Å²) in [7, 11) is -1.80. The molecule has 1 aromatic heterocycles. The monoisotopic (exact) mass is 398 g/mol. The fourth-order valence-corrected chi connectivity index (χ4v) is 5.03. The van der Waals surface area contributed by atoms with Crippen LogP contribution in [0.4, 0.5) is 0 Å². The highest BCUT2D eigenvalue weighted by molar-refractivity contribution is 7.90. The number of benzene rings is 1. The van der Waals surface area contributed by atoms with Gasteiger partial charge < -0.3 is 9.80 Å². The minimum absolute atomic E-state index is 0.0584. The molecular formula is C20H22N4O3S. The molecule has 1 aromatic carbocycles. The van der Waals surface area contributed by atoms with Crippen LogP contribution in [0, 0.1) is 5.92 Å². The molecule has 1 saturated heterocycles. The number of aromatic nitrogens is 1. The van der Waals surface area contributed by atoms with Gasteiger partial charge in [-0.3, -0.25) is 9.78 Å². The standard InChI is InChI=1S/C20H22N4O3S/c1-23(14-15-6-10-21-11-7-15)20(25)16-8-12-24(13-9-16)19-17-4-2-3-5-18(17)28(26,27)22-19/h2-7,10-11,16H,8-9,12-14H2,1H3. The highest BCUT2D eigenvalue weighted by atomic mass is 32.2. The number of hydrogen-bond acceptors (Lipinski definition) is 5. The summed E-state index contributed by atoms with van der Waals surface area (Å²) in [6, 6.07) is 10.7. The quantitative estimate of drug-likeness (QED) is 0.789. The molecule has 1 amide bonds. The van der Waals surface area contributed by atoms with Crippen LogP contribution in [0.1, 0.15) is 24.0 Å². The number of nitrogens with zero attached hydrogens (tertiary/aromatic N) is 4. The van der Waals surface area contributed by atoms with Crippen LogP contribution in [0.2, 0.25) is 0 Å². The van der Waals surface area contributed by atoms with E-state index in [1.54, 1.807) is 35.5 Å². The Labute approximate surface area is 164 Å². The Hall–Kier alpha value is -2.74. The molecule has 8 heteroatoms. The summed E-state index contributed by atoms with van der Waals surface area (Å²) in [6.45, 7) is 1.78. The molecule has 2 aliphatic rings. The summed E-state index contributed by atoms with van der Waals surface area (Å²) < 4.78 is 28.5. The number of amides is 1. The van der Waals surface area contributed by atoms with Gasteiger partial charge in [0, 0.05) is 50.6 Å². The molecule has 1 fully saturated rings. The smallest absolute Gasteiger partial charge is 0.285 e. The highest BCUT2D eigenvalue weighted by Crippen LogP contribution is 2.30. The second-order valence-corrected chi connectivity index (χ2v) is 8.77. The second-order valence-electron chi connectivity index (χ2n) is 7.20. The summed E-state index contributed by atoms with van der Waals surface area (Å²) in [4.78, 5) is 20.8. The number of hydrogen-bond donors (Lipinski definition) is 0. The molecule has 3 heterocycles. The first-order chi connectivity index (χ1) is 13.5. The van der Waals surface area contributed by atoms with E-state index in [2.05, 4.69) is 9.38 Å². The maximum absolute atomic E-state index is 12.8. The number of likely N-dealkylation sites (tertiary alicyclic amines) is 1. The first-order valence-corrected chi connectivity index (χ1v) is 10.7. The van der Waals surface area contributed by atoms with Crippen molar-refractivity contribution in [3.8, 4) is 0 Å². The summed E-state index contributed by atoms with van der Waals surface area (Å²) in [6.07, 6.45) is 4.81. The second kappa shape index (κ2) is 7.35. The van der Waals surface area contributed by atoms with Crippen molar-refractivity contribution in [2.24, 2.45) is 10.3 Å². The number of pyridine rings is 1. The van der Waals surface area contributed by atoms with Crippen LogP contribution in [-0.2, 0) is 21.4 Å². The molecule has 0 radical (unpaired) electrons. The van der Waals surface area contributed by atoms with E-state index in [1.165, 1.54) is 0 Å². The SMILES string of the molecule is CN(Cc1ccncc1)C(=O)C1CCN(C2=NS(=O)(=O)c3ccccc32)CC1. The number of carbonyl (C=O) groups excluding carboxylic acids is 1. The van der Waals surface area contributed by atoms with Crippen molar-refractivity contribution in [3.63, 3.8) is 0 Å². The Morgan fingerprint density at radius 3 is 2.54 bits per heavy atom. The maximum atomic E-state index is 12.8. The van der Waals surface area contributed by atoms with Gasteiger partial charge in [0.2, 0.25) is 5.91 Å². The topological polar surface area (TPSA) is 82.9 Å². The molecule has 0 unspecified atom stereocenters. The normalized spacial score (nSPS) is 18.5. The van der Waals surface area contributed by atoms with E-state index in [9.17, 15) is 13.2 Å². The predicted octanol–water partition coefficient (Wildman–Crippen LogP) is 1.90. The van der Waals surface area contributed by atoms with Crippen molar-refractivity contribution >= 4 is 21.8 Å². The Morgan fingerprint density at radius 1 is 1.14 bits per heavy atom. The number of rotatable bonds is 3. The van der Waals surface area contributed by atoms with Crippen molar-refractivity contribution < 1.29 is 13.2 Å². The zero-order valence-corrected chi connectivity index (χ0v) is 16.5. The number of piperidine rings is 1. The lowest BCUT2D eigenvalue weighted by Crippen LogP contribution is -2.43. The first-order valence-electron chi connectivity index (χ1n) is 9.29. The van der Waals surface area contributed by atoms with Crippen LogP contribution in [-0.4, -0.2) is 55.1 Å².